The Hall–Kier alpha value is -4.15. The minimum atomic E-state index is -0.219. The zero-order chi connectivity index (χ0) is 22.2. The molecule has 0 fully saturated rings. The van der Waals surface area contributed by atoms with Gasteiger partial charge >= 0.3 is 0 Å². The van der Waals surface area contributed by atoms with E-state index in [0.717, 1.165) is 5.39 Å². The molecule has 4 aromatic rings. The lowest BCUT2D eigenvalue weighted by atomic mass is 10.2. The third-order valence-corrected chi connectivity index (χ3v) is 4.72. The molecule has 0 bridgehead atoms. The summed E-state index contributed by atoms with van der Waals surface area (Å²) in [6, 6.07) is 7.28. The smallest absolute Gasteiger partial charge is 0.272 e. The predicted molar refractivity (Wildman–Crippen MR) is 117 cm³/mol. The number of H-pyrrole nitrogens is 1. The first-order valence-corrected chi connectivity index (χ1v) is 10.3. The molecule has 0 unspecified atom stereocenters. The number of hydrogen-bond donors (Lipinski definition) is 3. The second-order valence-electron chi connectivity index (χ2n) is 7.03. The van der Waals surface area contributed by atoms with E-state index in [1.54, 1.807) is 24.7 Å². The monoisotopic (exact) mass is 434 g/mol. The molecular formula is C21H22N8O3. The SMILES string of the molecule is O=C(CCCc1nc(-c2cnccn2)no1)NCCCNc1n[nH]c(=O)c2ccccc12. The number of nitrogens with zero attached hydrogens (tertiary/aromatic N) is 5. The minimum Gasteiger partial charge on any atom is -0.368 e. The molecule has 1 amide bonds. The van der Waals surface area contributed by atoms with Crippen LogP contribution in [0, 0.1) is 0 Å². The maximum Gasteiger partial charge on any atom is 0.272 e. The molecule has 0 saturated carbocycles. The highest BCUT2D eigenvalue weighted by molar-refractivity contribution is 5.90. The molecule has 11 heteroatoms. The first-order chi connectivity index (χ1) is 15.7. The zero-order valence-electron chi connectivity index (χ0n) is 17.2. The average molecular weight is 434 g/mol. The number of aromatic amines is 1. The Bertz CT molecular complexity index is 1240. The lowest BCUT2D eigenvalue weighted by molar-refractivity contribution is -0.121. The number of carbonyl (C=O) groups excluding carboxylic acids is 1. The molecular weight excluding hydrogens is 412 g/mol. The van der Waals surface area contributed by atoms with Crippen LogP contribution < -0.4 is 16.2 Å². The van der Waals surface area contributed by atoms with Crippen molar-refractivity contribution in [2.75, 3.05) is 18.4 Å². The van der Waals surface area contributed by atoms with E-state index < -0.39 is 0 Å². The molecule has 164 valence electrons. The van der Waals surface area contributed by atoms with Crippen LogP contribution in [0.3, 0.4) is 0 Å². The molecule has 1 aromatic carbocycles. The van der Waals surface area contributed by atoms with Crippen LogP contribution in [-0.4, -0.2) is 49.3 Å². The maximum absolute atomic E-state index is 12.0. The Kier molecular flexibility index (Phi) is 6.75. The van der Waals surface area contributed by atoms with Gasteiger partial charge in [0.1, 0.15) is 5.69 Å². The number of aryl methyl sites for hydroxylation is 1. The summed E-state index contributed by atoms with van der Waals surface area (Å²) < 4.78 is 5.20. The third-order valence-electron chi connectivity index (χ3n) is 4.72. The van der Waals surface area contributed by atoms with Gasteiger partial charge in [0, 0.05) is 43.7 Å². The van der Waals surface area contributed by atoms with E-state index in [1.165, 1.54) is 0 Å². The second kappa shape index (κ2) is 10.2. The number of aromatic nitrogens is 6. The molecule has 0 spiro atoms. The van der Waals surface area contributed by atoms with Crippen LogP contribution in [0.1, 0.15) is 25.2 Å². The molecule has 0 radical (unpaired) electrons. The number of rotatable bonds is 10. The van der Waals surface area contributed by atoms with Crippen LogP contribution in [0.15, 0.2) is 52.2 Å². The summed E-state index contributed by atoms with van der Waals surface area (Å²) in [5.41, 5.74) is 0.322. The van der Waals surface area contributed by atoms with E-state index in [-0.39, 0.29) is 11.5 Å². The summed E-state index contributed by atoms with van der Waals surface area (Å²) in [5.74, 6) is 1.43. The molecule has 0 aliphatic heterocycles. The number of fused-ring (bicyclic) bond motifs is 1. The molecule has 0 aliphatic rings. The molecule has 11 nitrogen and oxygen atoms in total. The van der Waals surface area contributed by atoms with Crippen molar-refractivity contribution >= 4 is 22.5 Å². The molecule has 0 aliphatic carbocycles. The summed E-state index contributed by atoms with van der Waals surface area (Å²) in [4.78, 5) is 36.2. The summed E-state index contributed by atoms with van der Waals surface area (Å²) in [6.45, 7) is 1.14. The fourth-order valence-corrected chi connectivity index (χ4v) is 3.14. The Labute approximate surface area is 182 Å². The van der Waals surface area contributed by atoms with Crippen LogP contribution >= 0.6 is 0 Å². The van der Waals surface area contributed by atoms with Gasteiger partial charge in [-0.15, -0.1) is 0 Å². The summed E-state index contributed by atoms with van der Waals surface area (Å²) in [6.07, 6.45) is 6.87. The van der Waals surface area contributed by atoms with Crippen molar-refractivity contribution in [2.24, 2.45) is 0 Å². The molecule has 0 saturated heterocycles. The van der Waals surface area contributed by atoms with Crippen molar-refractivity contribution in [3.05, 3.63) is 59.1 Å². The highest BCUT2D eigenvalue weighted by atomic mass is 16.5. The molecule has 3 N–H and O–H groups in total. The van der Waals surface area contributed by atoms with Crippen molar-refractivity contribution < 1.29 is 9.32 Å². The van der Waals surface area contributed by atoms with Crippen molar-refractivity contribution in [3.8, 4) is 11.5 Å². The van der Waals surface area contributed by atoms with Gasteiger partial charge in [0.2, 0.25) is 17.6 Å². The number of benzene rings is 1. The standard InChI is InChI=1S/C21H22N8O3/c30-17(7-3-8-18-26-20(29-32-18)16-13-22-11-12-23-16)24-9-4-10-25-19-14-5-1-2-6-15(14)21(31)28-27-19/h1-2,5-6,11-13H,3-4,7-10H2,(H,24,30)(H,25,27)(H,28,31). The normalized spacial score (nSPS) is 10.9. The first kappa shape index (κ1) is 21.1. The average Bonchev–Trinajstić information content (AvgIpc) is 3.30. The highest BCUT2D eigenvalue weighted by Gasteiger charge is 2.10. The third kappa shape index (κ3) is 5.31. The van der Waals surface area contributed by atoms with Crippen molar-refractivity contribution in [3.63, 3.8) is 0 Å². The quantitative estimate of drug-likeness (QED) is 0.317. The Morgan fingerprint density at radius 3 is 2.81 bits per heavy atom. The Morgan fingerprint density at radius 2 is 1.97 bits per heavy atom. The fraction of sp³-hybridized carbons (Fsp3) is 0.286. The lowest BCUT2D eigenvalue weighted by Crippen LogP contribution is -2.25. The van der Waals surface area contributed by atoms with Crippen LogP contribution in [0.2, 0.25) is 0 Å². The van der Waals surface area contributed by atoms with Gasteiger partial charge in [0.15, 0.2) is 5.82 Å². The zero-order valence-corrected chi connectivity index (χ0v) is 17.2. The second-order valence-corrected chi connectivity index (χ2v) is 7.03. The van der Waals surface area contributed by atoms with E-state index in [0.29, 0.717) is 67.4 Å². The van der Waals surface area contributed by atoms with Gasteiger partial charge in [0.25, 0.3) is 5.56 Å². The van der Waals surface area contributed by atoms with E-state index in [1.807, 2.05) is 18.2 Å². The molecule has 0 atom stereocenters. The summed E-state index contributed by atoms with van der Waals surface area (Å²) >= 11 is 0. The van der Waals surface area contributed by atoms with Crippen LogP contribution in [0.25, 0.3) is 22.3 Å². The van der Waals surface area contributed by atoms with Crippen molar-refractivity contribution in [1.29, 1.82) is 0 Å². The minimum absolute atomic E-state index is 0.0359. The number of hydrogen-bond acceptors (Lipinski definition) is 9. The number of carbonyl (C=O) groups is 1. The molecule has 3 aromatic heterocycles. The number of amides is 1. The number of nitrogens with one attached hydrogen (secondary N) is 3. The lowest BCUT2D eigenvalue weighted by Gasteiger charge is -2.08. The van der Waals surface area contributed by atoms with Gasteiger partial charge in [-0.05, 0) is 18.9 Å². The van der Waals surface area contributed by atoms with Crippen molar-refractivity contribution in [1.82, 2.24) is 35.6 Å². The van der Waals surface area contributed by atoms with Crippen molar-refractivity contribution in [2.45, 2.75) is 25.7 Å². The van der Waals surface area contributed by atoms with Crippen LogP contribution in [0.5, 0.6) is 0 Å². The van der Waals surface area contributed by atoms with Crippen LogP contribution in [0.4, 0.5) is 5.82 Å². The Balaban J connectivity index is 1.14. The van der Waals surface area contributed by atoms with Gasteiger partial charge < -0.3 is 15.2 Å². The molecule has 3 heterocycles. The van der Waals surface area contributed by atoms with Gasteiger partial charge in [-0.25, -0.2) is 10.1 Å². The fourth-order valence-electron chi connectivity index (χ4n) is 3.14. The van der Waals surface area contributed by atoms with E-state index in [9.17, 15) is 9.59 Å². The summed E-state index contributed by atoms with van der Waals surface area (Å²) in [7, 11) is 0. The number of anilines is 1. The van der Waals surface area contributed by atoms with Gasteiger partial charge in [-0.1, -0.05) is 23.4 Å². The topological polar surface area (TPSA) is 152 Å². The van der Waals surface area contributed by atoms with Gasteiger partial charge in [0.05, 0.1) is 11.6 Å². The Morgan fingerprint density at radius 1 is 1.09 bits per heavy atom. The predicted octanol–water partition coefficient (Wildman–Crippen LogP) is 1.70. The van der Waals surface area contributed by atoms with E-state index in [2.05, 4.69) is 40.9 Å². The maximum atomic E-state index is 12.0. The largest absolute Gasteiger partial charge is 0.368 e. The molecule has 32 heavy (non-hydrogen) atoms. The highest BCUT2D eigenvalue weighted by Crippen LogP contribution is 2.16. The van der Waals surface area contributed by atoms with Crippen LogP contribution in [-0.2, 0) is 11.2 Å². The van der Waals surface area contributed by atoms with Gasteiger partial charge in [-0.3, -0.25) is 14.6 Å². The van der Waals surface area contributed by atoms with E-state index in [4.69, 9.17) is 4.52 Å². The van der Waals surface area contributed by atoms with E-state index >= 15 is 0 Å². The van der Waals surface area contributed by atoms with Gasteiger partial charge in [-0.2, -0.15) is 10.1 Å². The molecule has 4 rings (SSSR count). The summed E-state index contributed by atoms with van der Waals surface area (Å²) in [5, 5.41) is 17.9. The first-order valence-electron chi connectivity index (χ1n) is 10.3.